The molecule has 6 heteroatoms. The molecule has 1 aromatic heterocycles. The molecule has 1 heterocycles. The first-order valence-electron chi connectivity index (χ1n) is 10.3. The van der Waals surface area contributed by atoms with Crippen LogP contribution in [0.1, 0.15) is 18.1 Å². The molecule has 4 rings (SSSR count). The second kappa shape index (κ2) is 10.1. The lowest BCUT2D eigenvalue weighted by Crippen LogP contribution is -2.24. The van der Waals surface area contributed by atoms with Gasteiger partial charge in [0.2, 0.25) is 5.91 Å². The fourth-order valence-corrected chi connectivity index (χ4v) is 4.01. The van der Waals surface area contributed by atoms with Gasteiger partial charge in [0.1, 0.15) is 0 Å². The lowest BCUT2D eigenvalue weighted by molar-refractivity contribution is -0.118. The zero-order valence-corrected chi connectivity index (χ0v) is 18.2. The van der Waals surface area contributed by atoms with Crippen LogP contribution in [0.15, 0.2) is 90.1 Å². The molecule has 0 aliphatic carbocycles. The Morgan fingerprint density at radius 1 is 0.871 bits per heavy atom. The Kier molecular flexibility index (Phi) is 6.79. The van der Waals surface area contributed by atoms with Gasteiger partial charge in [-0.2, -0.15) is 0 Å². The number of nitrogens with one attached hydrogen (secondary N) is 1. The van der Waals surface area contributed by atoms with E-state index < -0.39 is 0 Å². The smallest absolute Gasteiger partial charge is 0.230 e. The van der Waals surface area contributed by atoms with Gasteiger partial charge in [-0.05, 0) is 29.7 Å². The Bertz CT molecular complexity index is 1130. The third kappa shape index (κ3) is 5.22. The molecule has 0 spiro atoms. The van der Waals surface area contributed by atoms with Crippen LogP contribution in [0.4, 0.5) is 0 Å². The van der Waals surface area contributed by atoms with E-state index in [1.807, 2.05) is 65.2 Å². The maximum Gasteiger partial charge on any atom is 0.230 e. The molecule has 0 aliphatic heterocycles. The molecule has 4 aromatic rings. The van der Waals surface area contributed by atoms with Crippen molar-refractivity contribution in [3.05, 3.63) is 96.1 Å². The van der Waals surface area contributed by atoms with Gasteiger partial charge in [-0.25, -0.2) is 0 Å². The molecule has 0 atom stereocenters. The normalized spacial score (nSPS) is 10.7. The Morgan fingerprint density at radius 2 is 1.55 bits per heavy atom. The van der Waals surface area contributed by atoms with E-state index in [0.717, 1.165) is 29.1 Å². The number of carbonyl (C=O) groups is 1. The molecule has 31 heavy (non-hydrogen) atoms. The summed E-state index contributed by atoms with van der Waals surface area (Å²) in [5, 5.41) is 12.5. The quantitative estimate of drug-likeness (QED) is 0.405. The van der Waals surface area contributed by atoms with E-state index in [0.29, 0.717) is 11.7 Å². The van der Waals surface area contributed by atoms with Crippen molar-refractivity contribution in [3.63, 3.8) is 0 Å². The van der Waals surface area contributed by atoms with E-state index in [9.17, 15) is 4.79 Å². The number of nitrogens with zero attached hydrogens (tertiary/aromatic N) is 3. The van der Waals surface area contributed by atoms with Gasteiger partial charge in [0.25, 0.3) is 0 Å². The van der Waals surface area contributed by atoms with E-state index in [4.69, 9.17) is 0 Å². The largest absolute Gasteiger partial charge is 0.351 e. The molecule has 0 radical (unpaired) electrons. The predicted molar refractivity (Wildman–Crippen MR) is 125 cm³/mol. The molecule has 0 fully saturated rings. The molecule has 0 bridgehead atoms. The summed E-state index contributed by atoms with van der Waals surface area (Å²) in [6, 6.07) is 28.3. The molecule has 1 N–H and O–H groups in total. The van der Waals surface area contributed by atoms with Gasteiger partial charge in [0.05, 0.1) is 5.75 Å². The van der Waals surface area contributed by atoms with Gasteiger partial charge in [0, 0.05) is 17.8 Å². The van der Waals surface area contributed by atoms with Crippen molar-refractivity contribution in [3.8, 4) is 17.1 Å². The summed E-state index contributed by atoms with van der Waals surface area (Å²) in [5.74, 6) is 0.996. The number of aryl methyl sites for hydroxylation is 1. The fraction of sp³-hybridized carbons (Fsp3) is 0.160. The molecule has 3 aromatic carbocycles. The van der Waals surface area contributed by atoms with Crippen molar-refractivity contribution >= 4 is 17.7 Å². The van der Waals surface area contributed by atoms with Crippen LogP contribution >= 0.6 is 11.8 Å². The van der Waals surface area contributed by atoms with Crippen LogP contribution < -0.4 is 5.32 Å². The summed E-state index contributed by atoms with van der Waals surface area (Å²) in [5.41, 5.74) is 4.31. The number of rotatable bonds is 8. The molecule has 0 saturated carbocycles. The summed E-state index contributed by atoms with van der Waals surface area (Å²) >= 11 is 1.39. The summed E-state index contributed by atoms with van der Waals surface area (Å²) in [4.78, 5) is 12.4. The molecule has 0 aliphatic rings. The summed E-state index contributed by atoms with van der Waals surface area (Å²) in [6.45, 7) is 2.65. The number of hydrogen-bond donors (Lipinski definition) is 1. The van der Waals surface area contributed by atoms with Crippen LogP contribution in [0.2, 0.25) is 0 Å². The number of carbonyl (C=O) groups excluding carboxylic acids is 1. The van der Waals surface area contributed by atoms with Crippen molar-refractivity contribution < 1.29 is 4.79 Å². The predicted octanol–water partition coefficient (Wildman–Crippen LogP) is 4.91. The number of benzene rings is 3. The maximum atomic E-state index is 12.4. The highest BCUT2D eigenvalue weighted by Gasteiger charge is 2.17. The highest BCUT2D eigenvalue weighted by atomic mass is 32.2. The number of aromatic nitrogens is 3. The highest BCUT2D eigenvalue weighted by molar-refractivity contribution is 7.99. The van der Waals surface area contributed by atoms with Crippen molar-refractivity contribution in [2.24, 2.45) is 0 Å². The topological polar surface area (TPSA) is 59.8 Å². The van der Waals surface area contributed by atoms with Gasteiger partial charge < -0.3 is 5.32 Å². The standard InChI is InChI=1S/C25H24N4OS/c1-2-19-13-15-22(16-14-19)29-24(21-11-7-4-8-12-21)27-28-25(29)31-18-23(30)26-17-20-9-5-3-6-10-20/h3-16H,2,17-18H2,1H3,(H,26,30). The lowest BCUT2D eigenvalue weighted by atomic mass is 10.1. The van der Waals surface area contributed by atoms with Crippen LogP contribution in [0, 0.1) is 0 Å². The first kappa shape index (κ1) is 20.9. The fourth-order valence-electron chi connectivity index (χ4n) is 3.23. The van der Waals surface area contributed by atoms with Crippen molar-refractivity contribution in [2.75, 3.05) is 5.75 Å². The van der Waals surface area contributed by atoms with Gasteiger partial charge in [-0.3, -0.25) is 9.36 Å². The third-order valence-corrected chi connectivity index (χ3v) is 5.86. The molecule has 0 saturated heterocycles. The molecule has 156 valence electrons. The minimum atomic E-state index is -0.0361. The number of thioether (sulfide) groups is 1. The first-order valence-corrected chi connectivity index (χ1v) is 11.3. The maximum absolute atomic E-state index is 12.4. The Morgan fingerprint density at radius 3 is 2.23 bits per heavy atom. The summed E-state index contributed by atoms with van der Waals surface area (Å²) in [6.07, 6.45) is 0.983. The van der Waals surface area contributed by atoms with Crippen LogP contribution in [-0.2, 0) is 17.8 Å². The molecule has 5 nitrogen and oxygen atoms in total. The van der Waals surface area contributed by atoms with Crippen LogP contribution in [0.25, 0.3) is 17.1 Å². The van der Waals surface area contributed by atoms with Crippen LogP contribution in [0.3, 0.4) is 0 Å². The van der Waals surface area contributed by atoms with Gasteiger partial charge in [0.15, 0.2) is 11.0 Å². The van der Waals surface area contributed by atoms with Crippen molar-refractivity contribution in [1.82, 2.24) is 20.1 Å². The van der Waals surface area contributed by atoms with E-state index in [2.05, 4.69) is 46.7 Å². The zero-order chi connectivity index (χ0) is 21.5. The van der Waals surface area contributed by atoms with Gasteiger partial charge in [-0.1, -0.05) is 91.5 Å². The SMILES string of the molecule is CCc1ccc(-n2c(SCC(=O)NCc3ccccc3)nnc2-c2ccccc2)cc1. The van der Waals surface area contributed by atoms with Crippen LogP contribution in [0.5, 0.6) is 0 Å². The molecular weight excluding hydrogens is 404 g/mol. The van der Waals surface area contributed by atoms with E-state index in [1.54, 1.807) is 0 Å². The number of amides is 1. The van der Waals surface area contributed by atoms with E-state index >= 15 is 0 Å². The van der Waals surface area contributed by atoms with Crippen LogP contribution in [-0.4, -0.2) is 26.4 Å². The van der Waals surface area contributed by atoms with Crippen molar-refractivity contribution in [2.45, 2.75) is 25.0 Å². The average Bonchev–Trinajstić information content (AvgIpc) is 3.26. The average molecular weight is 429 g/mol. The lowest BCUT2D eigenvalue weighted by Gasteiger charge is -2.11. The summed E-state index contributed by atoms with van der Waals surface area (Å²) in [7, 11) is 0. The molecule has 0 unspecified atom stereocenters. The minimum absolute atomic E-state index is 0.0361. The van der Waals surface area contributed by atoms with Gasteiger partial charge in [-0.15, -0.1) is 10.2 Å². The summed E-state index contributed by atoms with van der Waals surface area (Å²) < 4.78 is 2.02. The monoisotopic (exact) mass is 428 g/mol. The van der Waals surface area contributed by atoms with Crippen molar-refractivity contribution in [1.29, 1.82) is 0 Å². The van der Waals surface area contributed by atoms with Gasteiger partial charge >= 0.3 is 0 Å². The second-order valence-corrected chi connectivity index (χ2v) is 8.02. The molecular formula is C25H24N4OS. The Hall–Kier alpha value is -3.38. The van der Waals surface area contributed by atoms with E-state index in [1.165, 1.54) is 17.3 Å². The Balaban J connectivity index is 1.54. The second-order valence-electron chi connectivity index (χ2n) is 7.08. The first-order chi connectivity index (χ1) is 15.2. The number of hydrogen-bond acceptors (Lipinski definition) is 4. The third-order valence-electron chi connectivity index (χ3n) is 4.93. The Labute approximate surface area is 186 Å². The minimum Gasteiger partial charge on any atom is -0.351 e. The zero-order valence-electron chi connectivity index (χ0n) is 17.4. The highest BCUT2D eigenvalue weighted by Crippen LogP contribution is 2.28. The molecule has 1 amide bonds. The van der Waals surface area contributed by atoms with E-state index in [-0.39, 0.29) is 11.7 Å².